The van der Waals surface area contributed by atoms with Gasteiger partial charge in [0, 0.05) is 7.05 Å². The molecule has 0 spiro atoms. The second-order valence-corrected chi connectivity index (χ2v) is 3.93. The van der Waals surface area contributed by atoms with Gasteiger partial charge in [-0.05, 0) is 20.8 Å². The molecule has 9 nitrogen and oxygen atoms in total. The van der Waals surface area contributed by atoms with E-state index in [0.29, 0.717) is 17.6 Å². The van der Waals surface area contributed by atoms with Crippen LogP contribution in [0, 0.1) is 30.9 Å². The van der Waals surface area contributed by atoms with Crippen molar-refractivity contribution < 1.29 is 4.92 Å². The van der Waals surface area contributed by atoms with Crippen LogP contribution in [-0.2, 0) is 0 Å². The molecule has 100 valence electrons. The molecular weight excluding hydrogens is 250 g/mol. The van der Waals surface area contributed by atoms with Gasteiger partial charge in [0.1, 0.15) is 17.3 Å². The fourth-order valence-corrected chi connectivity index (χ4v) is 1.75. The summed E-state index contributed by atoms with van der Waals surface area (Å²) in [6.07, 6.45) is 0. The summed E-state index contributed by atoms with van der Waals surface area (Å²) >= 11 is 0. The van der Waals surface area contributed by atoms with Crippen LogP contribution in [0.3, 0.4) is 0 Å². The van der Waals surface area contributed by atoms with Gasteiger partial charge in [-0.1, -0.05) is 0 Å². The summed E-state index contributed by atoms with van der Waals surface area (Å²) < 4.78 is 1.35. The highest BCUT2D eigenvalue weighted by atomic mass is 16.6. The Labute approximate surface area is 108 Å². The van der Waals surface area contributed by atoms with Crippen molar-refractivity contribution in [1.29, 1.82) is 0 Å². The van der Waals surface area contributed by atoms with Crippen LogP contribution in [-0.4, -0.2) is 36.7 Å². The van der Waals surface area contributed by atoms with Gasteiger partial charge in [-0.15, -0.1) is 5.10 Å². The number of nitro groups is 1. The Morgan fingerprint density at radius 3 is 2.37 bits per heavy atom. The molecule has 19 heavy (non-hydrogen) atoms. The number of rotatable bonds is 3. The standard InChI is InChI=1S/C10H13N7O2/c1-5-8(17(18)19)9(14-10(11-4)12-5)16-7(3)13-6(2)15-16/h1-4H3,(H,11,12,14). The van der Waals surface area contributed by atoms with Gasteiger partial charge >= 0.3 is 5.69 Å². The zero-order chi connectivity index (χ0) is 14.2. The maximum Gasteiger partial charge on any atom is 0.334 e. The van der Waals surface area contributed by atoms with Crippen LogP contribution in [0.25, 0.3) is 5.82 Å². The number of aryl methyl sites for hydroxylation is 3. The Hall–Kier alpha value is -2.58. The zero-order valence-corrected chi connectivity index (χ0v) is 11.0. The molecule has 0 saturated heterocycles. The molecule has 2 aromatic rings. The number of hydrogen-bond donors (Lipinski definition) is 1. The number of anilines is 1. The highest BCUT2D eigenvalue weighted by molar-refractivity contribution is 5.53. The number of aromatic nitrogens is 5. The Morgan fingerprint density at radius 1 is 1.21 bits per heavy atom. The van der Waals surface area contributed by atoms with E-state index in [-0.39, 0.29) is 17.2 Å². The van der Waals surface area contributed by atoms with Crippen molar-refractivity contribution in [3.8, 4) is 5.82 Å². The van der Waals surface area contributed by atoms with Gasteiger partial charge < -0.3 is 5.32 Å². The fourth-order valence-electron chi connectivity index (χ4n) is 1.75. The molecule has 9 heteroatoms. The van der Waals surface area contributed by atoms with E-state index in [0.717, 1.165) is 0 Å². The average molecular weight is 263 g/mol. The van der Waals surface area contributed by atoms with Crippen molar-refractivity contribution in [1.82, 2.24) is 24.7 Å². The van der Waals surface area contributed by atoms with Gasteiger partial charge in [0.05, 0.1) is 4.92 Å². The third-order valence-corrected chi connectivity index (χ3v) is 2.52. The van der Waals surface area contributed by atoms with Gasteiger partial charge in [0.15, 0.2) is 0 Å². The normalized spacial score (nSPS) is 10.5. The lowest BCUT2D eigenvalue weighted by Gasteiger charge is -2.07. The molecule has 0 radical (unpaired) electrons. The molecule has 0 aliphatic heterocycles. The van der Waals surface area contributed by atoms with Gasteiger partial charge in [-0.3, -0.25) is 10.1 Å². The largest absolute Gasteiger partial charge is 0.357 e. The van der Waals surface area contributed by atoms with Crippen molar-refractivity contribution in [2.24, 2.45) is 0 Å². The fraction of sp³-hybridized carbons (Fsp3) is 0.400. The molecule has 0 bridgehead atoms. The molecular formula is C10H13N7O2. The van der Waals surface area contributed by atoms with Crippen molar-refractivity contribution in [2.45, 2.75) is 20.8 Å². The summed E-state index contributed by atoms with van der Waals surface area (Å²) in [5.41, 5.74) is 0.0962. The van der Waals surface area contributed by atoms with Crippen LogP contribution >= 0.6 is 0 Å². The van der Waals surface area contributed by atoms with E-state index in [9.17, 15) is 10.1 Å². The topological polar surface area (TPSA) is 112 Å². The summed E-state index contributed by atoms with van der Waals surface area (Å²) in [5, 5.41) is 18.1. The van der Waals surface area contributed by atoms with Crippen molar-refractivity contribution in [2.75, 3.05) is 12.4 Å². The number of nitrogens with zero attached hydrogens (tertiary/aromatic N) is 6. The summed E-state index contributed by atoms with van der Waals surface area (Å²) in [7, 11) is 1.64. The van der Waals surface area contributed by atoms with Crippen LogP contribution in [0.5, 0.6) is 0 Å². The van der Waals surface area contributed by atoms with Crippen LogP contribution in [0.2, 0.25) is 0 Å². The first-order valence-electron chi connectivity index (χ1n) is 5.55. The van der Waals surface area contributed by atoms with Crippen LogP contribution in [0.1, 0.15) is 17.3 Å². The second-order valence-electron chi connectivity index (χ2n) is 3.93. The van der Waals surface area contributed by atoms with E-state index in [1.807, 2.05) is 0 Å². The minimum Gasteiger partial charge on any atom is -0.357 e. The van der Waals surface area contributed by atoms with Crippen molar-refractivity contribution in [3.63, 3.8) is 0 Å². The molecule has 0 aromatic carbocycles. The minimum atomic E-state index is -0.513. The van der Waals surface area contributed by atoms with E-state index in [2.05, 4.69) is 25.4 Å². The van der Waals surface area contributed by atoms with Gasteiger partial charge in [0.25, 0.3) is 0 Å². The van der Waals surface area contributed by atoms with E-state index in [1.165, 1.54) is 4.68 Å². The monoisotopic (exact) mass is 263 g/mol. The first-order chi connectivity index (χ1) is 8.93. The second kappa shape index (κ2) is 4.59. The Kier molecular flexibility index (Phi) is 3.11. The summed E-state index contributed by atoms with van der Waals surface area (Å²) in [6.45, 7) is 4.98. The summed E-state index contributed by atoms with van der Waals surface area (Å²) in [6, 6.07) is 0. The van der Waals surface area contributed by atoms with Crippen LogP contribution in [0.4, 0.5) is 11.6 Å². The highest BCUT2D eigenvalue weighted by Crippen LogP contribution is 2.25. The van der Waals surface area contributed by atoms with E-state index in [4.69, 9.17) is 0 Å². The third kappa shape index (κ3) is 2.21. The molecule has 0 aliphatic rings. The first kappa shape index (κ1) is 12.9. The third-order valence-electron chi connectivity index (χ3n) is 2.52. The number of hydrogen-bond acceptors (Lipinski definition) is 7. The van der Waals surface area contributed by atoms with Crippen molar-refractivity contribution >= 4 is 11.6 Å². The lowest BCUT2D eigenvalue weighted by molar-refractivity contribution is -0.385. The lowest BCUT2D eigenvalue weighted by atomic mass is 10.3. The Balaban J connectivity index is 2.76. The Morgan fingerprint density at radius 2 is 1.89 bits per heavy atom. The minimum absolute atomic E-state index is 0.111. The molecule has 2 heterocycles. The predicted octanol–water partition coefficient (Wildman–Crippen LogP) is 0.932. The molecule has 2 aromatic heterocycles. The maximum absolute atomic E-state index is 11.2. The van der Waals surface area contributed by atoms with Gasteiger partial charge in [-0.2, -0.15) is 9.67 Å². The number of nitrogens with one attached hydrogen (secondary N) is 1. The van der Waals surface area contributed by atoms with Crippen LogP contribution < -0.4 is 5.32 Å². The molecule has 0 atom stereocenters. The van der Waals surface area contributed by atoms with E-state index in [1.54, 1.807) is 27.8 Å². The quantitative estimate of drug-likeness (QED) is 0.647. The molecule has 0 fully saturated rings. The molecule has 0 aliphatic carbocycles. The summed E-state index contributed by atoms with van der Waals surface area (Å²) in [4.78, 5) is 22.9. The Bertz CT molecular complexity index is 650. The zero-order valence-electron chi connectivity index (χ0n) is 11.0. The van der Waals surface area contributed by atoms with E-state index < -0.39 is 4.92 Å². The van der Waals surface area contributed by atoms with Gasteiger partial charge in [0.2, 0.25) is 11.8 Å². The van der Waals surface area contributed by atoms with Crippen molar-refractivity contribution in [3.05, 3.63) is 27.5 Å². The molecule has 0 amide bonds. The van der Waals surface area contributed by atoms with Gasteiger partial charge in [-0.25, -0.2) is 9.97 Å². The van der Waals surface area contributed by atoms with Crippen LogP contribution in [0.15, 0.2) is 0 Å². The first-order valence-corrected chi connectivity index (χ1v) is 5.55. The average Bonchev–Trinajstić information content (AvgIpc) is 2.66. The summed E-state index contributed by atoms with van der Waals surface area (Å²) in [5.74, 6) is 1.46. The lowest BCUT2D eigenvalue weighted by Crippen LogP contribution is -2.11. The smallest absolute Gasteiger partial charge is 0.334 e. The SMILES string of the molecule is CNc1nc(C)c([N+](=O)[O-])c(-n2nc(C)nc2C)n1. The maximum atomic E-state index is 11.2. The molecule has 2 rings (SSSR count). The predicted molar refractivity (Wildman–Crippen MR) is 67.4 cm³/mol. The molecule has 0 saturated carbocycles. The highest BCUT2D eigenvalue weighted by Gasteiger charge is 2.25. The molecule has 1 N–H and O–H groups in total. The molecule has 0 unspecified atom stereocenters. The van der Waals surface area contributed by atoms with E-state index >= 15 is 0 Å².